The summed E-state index contributed by atoms with van der Waals surface area (Å²) >= 11 is 0. The Bertz CT molecular complexity index is 6470. The van der Waals surface area contributed by atoms with Crippen LogP contribution < -0.4 is 79.9 Å². The molecule has 0 bridgehead atoms. The van der Waals surface area contributed by atoms with Crippen molar-refractivity contribution in [3.8, 4) is 17.3 Å². The monoisotopic (exact) mass is 1520 g/mol. The molecule has 0 saturated carbocycles. The van der Waals surface area contributed by atoms with Gasteiger partial charge in [0, 0.05) is 31.2 Å². The summed E-state index contributed by atoms with van der Waals surface area (Å²) in [5, 5.41) is 0.857. The highest BCUT2D eigenvalue weighted by molar-refractivity contribution is 5.82. The fraction of sp³-hybridized carbons (Fsp3) is 0.239. The highest BCUT2D eigenvalue weighted by Gasteiger charge is 2.30. The number of halogens is 2. The molecule has 8 aromatic carbocycles. The Balaban J connectivity index is 0.000000132. The van der Waals surface area contributed by atoms with Gasteiger partial charge in [-0.25, -0.2) is 48.5 Å². The Hall–Kier alpha value is -13.3. The number of para-hydroxylation sites is 1. The Morgan fingerprint density at radius 3 is 1.54 bits per heavy atom. The van der Waals surface area contributed by atoms with Crippen molar-refractivity contribution in [2.45, 2.75) is 100 Å². The Labute approximate surface area is 649 Å². The minimum absolute atomic E-state index is 0.0615. The predicted molar refractivity (Wildman–Crippen MR) is 441 cm³/mol. The van der Waals surface area contributed by atoms with Gasteiger partial charge in [0.1, 0.15) is 40.4 Å². The zero-order valence-corrected chi connectivity index (χ0v) is 64.8. The number of hydrogen-bond acceptors (Lipinski definition) is 18. The molecule has 3 aromatic heterocycles. The summed E-state index contributed by atoms with van der Waals surface area (Å²) in [5.74, 6) is 1.51. The number of nitrogens with one attached hydrogen (secondary N) is 4. The summed E-state index contributed by atoms with van der Waals surface area (Å²) in [7, 11) is 4.17. The second kappa shape index (κ2) is 33.5. The maximum atomic E-state index is 14.0. The van der Waals surface area contributed by atoms with Crippen molar-refractivity contribution in [1.82, 2.24) is 54.3 Å². The molecule has 0 aliphatic carbocycles. The first-order chi connectivity index (χ1) is 54.2. The number of aryl methyl sites for hydroxylation is 10. The standard InChI is InChI=1S/C24H27N5O.C22H20F2N4O.C22H22N4O2.C20H18N4O2/c1-15-11-20-21(12-16(15)2)29(23-22(27-20)24(30)26-17(3)25-23)14-19(28(4)5)13-18-9-7-6-8-10-18;1-12-10-18-19(11-13(12)2)28(21-20(27-18)22(29)26-14(3)25-21)9-5-6-15-16(23)7-4-8-17(15)24;1-13-6-4-7-16(10-13)8-5-9-26-18-12-15(3)14(2)11-17(18)23-19-20(26)24-22(28)25-21(19)27;1-13-8-9-17-16(12-13)23-18-19(21-14(2)22-20(18)25)24(17)10-11-26-15-6-4-3-5-7-15/h6-12,19H,3,13-14H2,1-2,4-5H3,(H,26,30);4,7-8,10-11H,3,5-6,9H2,1-2H3,(H,26,29);4,6-7,10-12H,5,8-9H2,1-3H3,(H,25,27,28);3-9,12H,2,10-11H2,1H3,(H,22,25). The number of rotatable bonds is 17. The van der Waals surface area contributed by atoms with Crippen LogP contribution in [0.25, 0.3) is 42.3 Å². The van der Waals surface area contributed by atoms with E-state index in [1.165, 1.54) is 40.5 Å². The van der Waals surface area contributed by atoms with Crippen LogP contribution in [0, 0.1) is 67.0 Å². The smallest absolute Gasteiger partial charge is 0.349 e. The van der Waals surface area contributed by atoms with Gasteiger partial charge in [-0.05, 0) is 224 Å². The van der Waals surface area contributed by atoms with Crippen LogP contribution in [-0.2, 0) is 25.8 Å². The van der Waals surface area contributed by atoms with Gasteiger partial charge in [-0.3, -0.25) is 24.2 Å². The van der Waals surface area contributed by atoms with Crippen LogP contribution in [0.1, 0.15) is 74.0 Å². The van der Waals surface area contributed by atoms with Crippen molar-refractivity contribution < 1.29 is 13.5 Å². The largest absolute Gasteiger partial charge is 0.492 e. The van der Waals surface area contributed by atoms with Crippen molar-refractivity contribution in [2.75, 3.05) is 55.0 Å². The predicted octanol–water partition coefficient (Wildman–Crippen LogP) is 10.6. The number of benzene rings is 8. The van der Waals surface area contributed by atoms with Gasteiger partial charge in [-0.1, -0.05) is 110 Å². The summed E-state index contributed by atoms with van der Waals surface area (Å²) in [6, 6.07) is 50.7. The summed E-state index contributed by atoms with van der Waals surface area (Å²) < 4.78 is 35.7. The van der Waals surface area contributed by atoms with Gasteiger partial charge in [0.05, 0.1) is 51.7 Å². The van der Waals surface area contributed by atoms with E-state index in [1.807, 2.05) is 128 Å². The molecule has 8 heterocycles. The average molecular weight is 1520 g/mol. The number of hydrogen-bond donors (Lipinski definition) is 4. The van der Waals surface area contributed by atoms with Crippen LogP contribution in [0.3, 0.4) is 0 Å². The van der Waals surface area contributed by atoms with Gasteiger partial charge >= 0.3 is 5.69 Å². The molecule has 23 nitrogen and oxygen atoms in total. The van der Waals surface area contributed by atoms with Crippen LogP contribution in [0.2, 0.25) is 0 Å². The van der Waals surface area contributed by atoms with E-state index in [4.69, 9.17) is 4.74 Å². The Kier molecular flexibility index (Phi) is 23.1. The molecule has 1 atom stereocenters. The first-order valence-corrected chi connectivity index (χ1v) is 37.2. The molecule has 0 radical (unpaired) electrons. The fourth-order valence-corrected chi connectivity index (χ4v) is 13.9. The summed E-state index contributed by atoms with van der Waals surface area (Å²) in [6.07, 6.45) is 3.33. The molecule has 5 aliphatic heterocycles. The van der Waals surface area contributed by atoms with E-state index in [9.17, 15) is 32.8 Å². The second-order valence-electron chi connectivity index (χ2n) is 28.7. The minimum Gasteiger partial charge on any atom is -0.492 e. The Morgan fingerprint density at radius 2 is 0.956 bits per heavy atom. The lowest BCUT2D eigenvalue weighted by Crippen LogP contribution is -2.47. The van der Waals surface area contributed by atoms with Crippen molar-refractivity contribution in [3.63, 3.8) is 0 Å². The number of anilines is 6. The number of likely N-dealkylation sites (N-methyl/N-ethyl adjacent to an activating group) is 1. The van der Waals surface area contributed by atoms with E-state index < -0.39 is 22.9 Å². The van der Waals surface area contributed by atoms with Crippen LogP contribution in [0.5, 0.6) is 5.75 Å². The van der Waals surface area contributed by atoms with E-state index in [-0.39, 0.29) is 51.2 Å². The summed E-state index contributed by atoms with van der Waals surface area (Å²) in [6.45, 7) is 30.3. The number of ether oxygens (including phenoxy) is 1. The fourth-order valence-electron chi connectivity index (χ4n) is 13.9. The van der Waals surface area contributed by atoms with Crippen LogP contribution in [0.15, 0.2) is 197 Å². The SMILES string of the molecule is C=c1nc2c(c(=O)[nH]1)=Nc1cc(C)c(C)cc1N2CC(Cc1ccccc1)N(C)C.C=c1nc2c(c(=O)[nH]1)=Nc1cc(C)c(C)cc1N2CCCc1c(F)cccc1F.C=c1nc2c(c(=O)[nH]1)=Nc1cc(C)ccc1N2CCOc1ccccc1.Cc1cccc(CCCn2c3nc(=O)[nH]c(=O)c-3nc3cc(C)c(C)cc32)c1. The van der Waals surface area contributed by atoms with Crippen molar-refractivity contribution >= 4 is 82.3 Å². The number of H-pyrrole nitrogens is 4. The number of aromatic nitrogens is 10. The molecule has 0 spiro atoms. The van der Waals surface area contributed by atoms with Crippen molar-refractivity contribution in [1.29, 1.82) is 0 Å². The molecular formula is C88H87F2N17O6. The highest BCUT2D eigenvalue weighted by atomic mass is 19.1. The lowest BCUT2D eigenvalue weighted by molar-refractivity contribution is 0.296. The first kappa shape index (κ1) is 77.9. The third-order valence-electron chi connectivity index (χ3n) is 20.2. The van der Waals surface area contributed by atoms with E-state index in [2.05, 4.69) is 185 Å². The first-order valence-electron chi connectivity index (χ1n) is 37.2. The number of fused-ring (bicyclic) bond motifs is 8. The minimum atomic E-state index is -0.644. The molecule has 113 heavy (non-hydrogen) atoms. The van der Waals surface area contributed by atoms with Gasteiger partial charge in [0.25, 0.3) is 22.2 Å². The molecule has 25 heteroatoms. The van der Waals surface area contributed by atoms with Crippen LogP contribution in [-0.4, -0.2) is 101 Å². The molecule has 5 aliphatic rings. The van der Waals surface area contributed by atoms with Gasteiger partial charge in [-0.2, -0.15) is 4.98 Å². The molecule has 1 unspecified atom stereocenters. The molecule has 0 amide bonds. The quantitative estimate of drug-likeness (QED) is 0.0617. The third kappa shape index (κ3) is 17.5. The van der Waals surface area contributed by atoms with Crippen LogP contribution >= 0.6 is 0 Å². The lowest BCUT2D eigenvalue weighted by Gasteiger charge is -2.34. The summed E-state index contributed by atoms with van der Waals surface area (Å²) in [5.41, 5.74) is 17.2. The maximum Gasteiger partial charge on any atom is 0.349 e. The van der Waals surface area contributed by atoms with Gasteiger partial charge in [0.15, 0.2) is 45.0 Å². The van der Waals surface area contributed by atoms with E-state index in [0.717, 1.165) is 97.9 Å². The highest BCUT2D eigenvalue weighted by Crippen LogP contribution is 2.40. The number of aromatic amines is 4. The average Bonchev–Trinajstić information content (AvgIpc) is 0.773. The summed E-state index contributed by atoms with van der Waals surface area (Å²) in [4.78, 5) is 115. The molecule has 11 aromatic rings. The van der Waals surface area contributed by atoms with Crippen molar-refractivity contribution in [3.05, 3.63) is 315 Å². The zero-order valence-electron chi connectivity index (χ0n) is 64.8. The van der Waals surface area contributed by atoms with Gasteiger partial charge in [-0.15, -0.1) is 0 Å². The van der Waals surface area contributed by atoms with Gasteiger partial charge in [0.2, 0.25) is 0 Å². The molecular weight excluding hydrogens is 1430 g/mol. The van der Waals surface area contributed by atoms with E-state index in [1.54, 1.807) is 0 Å². The zero-order chi connectivity index (χ0) is 80.1. The lowest BCUT2D eigenvalue weighted by atomic mass is 10.0. The molecule has 0 saturated heterocycles. The normalized spacial score (nSPS) is 12.4. The van der Waals surface area contributed by atoms with E-state index in [0.29, 0.717) is 89.8 Å². The third-order valence-corrected chi connectivity index (χ3v) is 20.2. The topological polar surface area (TPSA) is 277 Å². The molecule has 16 rings (SSSR count). The van der Waals surface area contributed by atoms with Crippen LogP contribution in [0.4, 0.5) is 60.4 Å². The maximum absolute atomic E-state index is 14.0. The number of nitrogens with zero attached hydrogens (tertiary/aromatic N) is 13. The molecule has 0 fully saturated rings. The van der Waals surface area contributed by atoms with Gasteiger partial charge < -0.3 is 43.9 Å². The van der Waals surface area contributed by atoms with E-state index >= 15 is 0 Å². The van der Waals surface area contributed by atoms with Crippen molar-refractivity contribution in [2.24, 2.45) is 15.0 Å². The second-order valence-corrected chi connectivity index (χ2v) is 28.7. The Morgan fingerprint density at radius 1 is 0.460 bits per heavy atom. The molecule has 4 N–H and O–H groups in total. The molecule has 574 valence electrons.